The van der Waals surface area contributed by atoms with Crippen LogP contribution in [0, 0.1) is 0 Å². The van der Waals surface area contributed by atoms with Gasteiger partial charge >= 0.3 is 0 Å². The highest BCUT2D eigenvalue weighted by Crippen LogP contribution is 2.33. The molecule has 1 fully saturated rings. The van der Waals surface area contributed by atoms with Crippen LogP contribution in [0.1, 0.15) is 18.9 Å². The third-order valence-corrected chi connectivity index (χ3v) is 5.51. The first kappa shape index (κ1) is 20.3. The van der Waals surface area contributed by atoms with E-state index in [9.17, 15) is 4.79 Å². The van der Waals surface area contributed by atoms with Gasteiger partial charge in [0.05, 0.1) is 7.11 Å². The molecule has 0 saturated carbocycles. The van der Waals surface area contributed by atoms with Crippen molar-refractivity contribution in [2.45, 2.75) is 26.0 Å². The molecule has 160 valence electrons. The topological polar surface area (TPSA) is 60.5 Å². The molecule has 1 saturated heterocycles. The van der Waals surface area contributed by atoms with E-state index in [4.69, 9.17) is 18.9 Å². The van der Waals surface area contributed by atoms with Crippen molar-refractivity contribution in [3.63, 3.8) is 0 Å². The number of ether oxygens (including phenoxy) is 4. The van der Waals surface area contributed by atoms with Gasteiger partial charge in [0.2, 0.25) is 6.79 Å². The minimum absolute atomic E-state index is 0.0335. The van der Waals surface area contributed by atoms with Crippen molar-refractivity contribution >= 4 is 5.91 Å². The first-order chi connectivity index (χ1) is 14.7. The van der Waals surface area contributed by atoms with Gasteiger partial charge in [-0.05, 0) is 36.2 Å². The molecule has 1 atom stereocenters. The second-order valence-corrected chi connectivity index (χ2v) is 7.45. The Morgan fingerprint density at radius 2 is 1.77 bits per heavy atom. The summed E-state index contributed by atoms with van der Waals surface area (Å²) in [5.74, 6) is 2.88. The summed E-state index contributed by atoms with van der Waals surface area (Å²) >= 11 is 0. The van der Waals surface area contributed by atoms with Crippen LogP contribution in [0.25, 0.3) is 0 Å². The van der Waals surface area contributed by atoms with Crippen LogP contribution in [0.2, 0.25) is 0 Å². The van der Waals surface area contributed by atoms with E-state index < -0.39 is 6.10 Å². The Morgan fingerprint density at radius 1 is 1.03 bits per heavy atom. The highest BCUT2D eigenvalue weighted by Gasteiger charge is 2.28. The maximum absolute atomic E-state index is 13.0. The monoisotopic (exact) mass is 412 g/mol. The third kappa shape index (κ3) is 4.46. The van der Waals surface area contributed by atoms with Gasteiger partial charge in [-0.2, -0.15) is 0 Å². The number of methoxy groups -OCH3 is 1. The summed E-state index contributed by atoms with van der Waals surface area (Å²) in [4.78, 5) is 17.3. The zero-order valence-corrected chi connectivity index (χ0v) is 17.5. The largest absolute Gasteiger partial charge is 0.493 e. The molecular weight excluding hydrogens is 384 g/mol. The lowest BCUT2D eigenvalue weighted by Crippen LogP contribution is -2.52. The number of fused-ring (bicyclic) bond motifs is 1. The van der Waals surface area contributed by atoms with Crippen LogP contribution in [-0.2, 0) is 11.3 Å². The Morgan fingerprint density at radius 3 is 2.50 bits per heavy atom. The SMILES string of the molecule is CC[C@H](Oc1ccccc1OC)C(=O)N1CCN(Cc2ccc3c(c2)OCO3)CC1. The number of amides is 1. The van der Waals surface area contributed by atoms with E-state index in [1.807, 2.05) is 48.2 Å². The lowest BCUT2D eigenvalue weighted by molar-refractivity contribution is -0.140. The van der Waals surface area contributed by atoms with Crippen LogP contribution in [-0.4, -0.2) is 61.9 Å². The molecule has 1 amide bonds. The van der Waals surface area contributed by atoms with Crippen molar-refractivity contribution in [1.29, 1.82) is 0 Å². The summed E-state index contributed by atoms with van der Waals surface area (Å²) in [6, 6.07) is 13.5. The minimum Gasteiger partial charge on any atom is -0.493 e. The first-order valence-electron chi connectivity index (χ1n) is 10.4. The lowest BCUT2D eigenvalue weighted by atomic mass is 10.1. The normalized spacial score (nSPS) is 16.9. The van der Waals surface area contributed by atoms with Crippen molar-refractivity contribution in [3.8, 4) is 23.0 Å². The van der Waals surface area contributed by atoms with Crippen LogP contribution in [0.3, 0.4) is 0 Å². The summed E-state index contributed by atoms with van der Waals surface area (Å²) in [5.41, 5.74) is 1.19. The highest BCUT2D eigenvalue weighted by molar-refractivity contribution is 5.81. The highest BCUT2D eigenvalue weighted by atomic mass is 16.7. The van der Waals surface area contributed by atoms with E-state index >= 15 is 0 Å². The molecule has 0 unspecified atom stereocenters. The number of carbonyl (C=O) groups excluding carboxylic acids is 1. The van der Waals surface area contributed by atoms with E-state index in [-0.39, 0.29) is 12.7 Å². The van der Waals surface area contributed by atoms with Gasteiger partial charge in [-0.1, -0.05) is 25.1 Å². The maximum atomic E-state index is 13.0. The molecule has 2 heterocycles. The Kier molecular flexibility index (Phi) is 6.28. The zero-order chi connectivity index (χ0) is 20.9. The molecule has 0 aromatic heterocycles. The predicted octanol–water partition coefficient (Wildman–Crippen LogP) is 2.93. The van der Waals surface area contributed by atoms with Crippen LogP contribution in [0.15, 0.2) is 42.5 Å². The van der Waals surface area contributed by atoms with E-state index in [2.05, 4.69) is 11.0 Å². The van der Waals surface area contributed by atoms with Crippen LogP contribution >= 0.6 is 0 Å². The second-order valence-electron chi connectivity index (χ2n) is 7.45. The van der Waals surface area contributed by atoms with Gasteiger partial charge in [-0.15, -0.1) is 0 Å². The molecular formula is C23H28N2O5. The van der Waals surface area contributed by atoms with Crippen molar-refractivity contribution in [1.82, 2.24) is 9.80 Å². The Labute approximate surface area is 177 Å². The molecule has 2 aromatic rings. The van der Waals surface area contributed by atoms with Gasteiger partial charge in [0.1, 0.15) is 0 Å². The van der Waals surface area contributed by atoms with Crippen LogP contribution < -0.4 is 18.9 Å². The van der Waals surface area contributed by atoms with Gasteiger partial charge < -0.3 is 23.8 Å². The molecule has 2 aromatic carbocycles. The fourth-order valence-electron chi connectivity index (χ4n) is 3.81. The van der Waals surface area contributed by atoms with Crippen LogP contribution in [0.4, 0.5) is 0 Å². The van der Waals surface area contributed by atoms with Crippen molar-refractivity contribution in [2.24, 2.45) is 0 Å². The molecule has 2 aliphatic rings. The fraction of sp³-hybridized carbons (Fsp3) is 0.435. The number of para-hydroxylation sites is 2. The third-order valence-electron chi connectivity index (χ3n) is 5.51. The zero-order valence-electron chi connectivity index (χ0n) is 17.5. The van der Waals surface area contributed by atoms with Crippen LogP contribution in [0.5, 0.6) is 23.0 Å². The van der Waals surface area contributed by atoms with Gasteiger partial charge in [0, 0.05) is 32.7 Å². The van der Waals surface area contributed by atoms with E-state index in [1.54, 1.807) is 7.11 Å². The van der Waals surface area contributed by atoms with Gasteiger partial charge in [-0.25, -0.2) is 0 Å². The summed E-state index contributed by atoms with van der Waals surface area (Å²) in [6.07, 6.45) is 0.0931. The second kappa shape index (κ2) is 9.26. The standard InChI is InChI=1S/C23H28N2O5/c1-3-18(30-21-7-5-4-6-19(21)27-2)23(26)25-12-10-24(11-13-25)15-17-8-9-20-22(14-17)29-16-28-20/h4-9,14,18H,3,10-13,15-16H2,1-2H3/t18-/m0/s1. The van der Waals surface area contributed by atoms with Gasteiger partial charge in [0.25, 0.3) is 5.91 Å². The molecule has 0 bridgehead atoms. The summed E-state index contributed by atoms with van der Waals surface area (Å²) in [6.45, 7) is 6.11. The number of benzene rings is 2. The van der Waals surface area contributed by atoms with E-state index in [0.29, 0.717) is 31.0 Å². The molecule has 0 aliphatic carbocycles. The number of piperazine rings is 1. The fourth-order valence-corrected chi connectivity index (χ4v) is 3.81. The van der Waals surface area contributed by atoms with E-state index in [0.717, 1.165) is 31.1 Å². The number of carbonyl (C=O) groups is 1. The molecule has 7 heteroatoms. The first-order valence-corrected chi connectivity index (χ1v) is 10.4. The van der Waals surface area contributed by atoms with Crippen molar-refractivity contribution < 1.29 is 23.7 Å². The van der Waals surface area contributed by atoms with Crippen molar-refractivity contribution in [3.05, 3.63) is 48.0 Å². The molecule has 2 aliphatic heterocycles. The smallest absolute Gasteiger partial charge is 0.263 e. The molecule has 4 rings (SSSR count). The summed E-state index contributed by atoms with van der Waals surface area (Å²) in [5, 5.41) is 0. The minimum atomic E-state index is -0.512. The molecule has 0 spiro atoms. The Hall–Kier alpha value is -2.93. The summed E-state index contributed by atoms with van der Waals surface area (Å²) < 4.78 is 22.2. The Balaban J connectivity index is 1.32. The van der Waals surface area contributed by atoms with Crippen molar-refractivity contribution in [2.75, 3.05) is 40.1 Å². The number of hydrogen-bond donors (Lipinski definition) is 0. The van der Waals surface area contributed by atoms with Gasteiger partial charge in [0.15, 0.2) is 29.1 Å². The number of nitrogens with zero attached hydrogens (tertiary/aromatic N) is 2. The molecule has 7 nitrogen and oxygen atoms in total. The Bertz CT molecular complexity index is 880. The van der Waals surface area contributed by atoms with Gasteiger partial charge in [-0.3, -0.25) is 9.69 Å². The molecule has 30 heavy (non-hydrogen) atoms. The quantitative estimate of drug-likeness (QED) is 0.697. The number of rotatable bonds is 7. The average Bonchev–Trinajstić information content (AvgIpc) is 3.25. The average molecular weight is 412 g/mol. The molecule has 0 radical (unpaired) electrons. The lowest BCUT2D eigenvalue weighted by Gasteiger charge is -2.36. The maximum Gasteiger partial charge on any atom is 0.263 e. The van der Waals surface area contributed by atoms with E-state index in [1.165, 1.54) is 5.56 Å². The summed E-state index contributed by atoms with van der Waals surface area (Å²) in [7, 11) is 1.60. The number of hydrogen-bond acceptors (Lipinski definition) is 6. The predicted molar refractivity (Wildman–Crippen MR) is 112 cm³/mol. The molecule has 0 N–H and O–H groups in total.